The van der Waals surface area contributed by atoms with Crippen molar-refractivity contribution < 1.29 is 13.9 Å². The summed E-state index contributed by atoms with van der Waals surface area (Å²) >= 11 is 1.18. The number of hydrogen-bond acceptors (Lipinski definition) is 5. The summed E-state index contributed by atoms with van der Waals surface area (Å²) in [5.41, 5.74) is 4.55. The number of aliphatic imine (C=N–C) groups is 1. The van der Waals surface area contributed by atoms with Crippen LogP contribution in [0.5, 0.6) is 5.75 Å². The van der Waals surface area contributed by atoms with Gasteiger partial charge < -0.3 is 9.30 Å². The van der Waals surface area contributed by atoms with Crippen LogP contribution in [0.4, 0.5) is 4.39 Å². The number of amides is 1. The van der Waals surface area contributed by atoms with Crippen molar-refractivity contribution in [1.82, 2.24) is 9.58 Å². The van der Waals surface area contributed by atoms with E-state index in [2.05, 4.69) is 14.7 Å². The van der Waals surface area contributed by atoms with E-state index in [9.17, 15) is 9.18 Å². The second-order valence-corrected chi connectivity index (χ2v) is 8.75. The van der Waals surface area contributed by atoms with Crippen molar-refractivity contribution in [1.29, 1.82) is 5.41 Å². The summed E-state index contributed by atoms with van der Waals surface area (Å²) in [6.07, 6.45) is 1.68. The van der Waals surface area contributed by atoms with Crippen molar-refractivity contribution in [2.24, 2.45) is 10.1 Å². The third-order valence-corrected chi connectivity index (χ3v) is 6.60. The van der Waals surface area contributed by atoms with Crippen LogP contribution in [0.3, 0.4) is 0 Å². The normalized spacial score (nSPS) is 16.6. The van der Waals surface area contributed by atoms with Crippen LogP contribution in [0.15, 0.2) is 70.3 Å². The average molecular weight is 474 g/mol. The van der Waals surface area contributed by atoms with Gasteiger partial charge in [0.25, 0.3) is 5.91 Å². The summed E-state index contributed by atoms with van der Waals surface area (Å²) in [5, 5.41) is 15.3. The van der Waals surface area contributed by atoms with Gasteiger partial charge in [0.2, 0.25) is 5.17 Å². The molecule has 3 heterocycles. The molecule has 2 aliphatic rings. The fourth-order valence-corrected chi connectivity index (χ4v) is 4.82. The van der Waals surface area contributed by atoms with Crippen LogP contribution in [0.2, 0.25) is 0 Å². The number of fused-ring (bicyclic) bond motifs is 1. The number of carbonyl (C=O) groups excluding carboxylic acids is 1. The number of methoxy groups -OCH3 is 1. The Morgan fingerprint density at radius 3 is 2.47 bits per heavy atom. The average Bonchev–Trinajstić information content (AvgIpc) is 3.37. The molecule has 0 unspecified atom stereocenters. The highest BCUT2D eigenvalue weighted by atomic mass is 32.2. The number of amidine groups is 2. The minimum absolute atomic E-state index is 0.0473. The Hall–Kier alpha value is -3.98. The number of carbonyl (C=O) groups is 1. The van der Waals surface area contributed by atoms with Gasteiger partial charge in [-0.15, -0.1) is 0 Å². The first-order valence-corrected chi connectivity index (χ1v) is 11.3. The van der Waals surface area contributed by atoms with Gasteiger partial charge in [-0.25, -0.2) is 4.39 Å². The highest BCUT2D eigenvalue weighted by Crippen LogP contribution is 2.32. The first kappa shape index (κ1) is 21.8. The van der Waals surface area contributed by atoms with Crippen LogP contribution in [0.1, 0.15) is 22.5 Å². The minimum atomic E-state index is -0.492. The largest absolute Gasteiger partial charge is 0.497 e. The highest BCUT2D eigenvalue weighted by Gasteiger charge is 2.36. The first-order valence-electron chi connectivity index (χ1n) is 10.5. The van der Waals surface area contributed by atoms with E-state index in [4.69, 9.17) is 10.1 Å². The number of hydrazone groups is 1. The Bertz CT molecular complexity index is 1420. The van der Waals surface area contributed by atoms with Gasteiger partial charge >= 0.3 is 0 Å². The lowest BCUT2D eigenvalue weighted by atomic mass is 10.1. The molecule has 0 aliphatic carbocycles. The number of nitrogens with zero attached hydrogens (tertiary/aromatic N) is 4. The minimum Gasteiger partial charge on any atom is -0.497 e. The predicted molar refractivity (Wildman–Crippen MR) is 132 cm³/mol. The van der Waals surface area contributed by atoms with Crippen molar-refractivity contribution in [2.45, 2.75) is 13.8 Å². The van der Waals surface area contributed by atoms with Gasteiger partial charge in [0, 0.05) is 22.6 Å². The zero-order valence-electron chi connectivity index (χ0n) is 18.7. The molecule has 9 heteroatoms. The zero-order valence-corrected chi connectivity index (χ0v) is 19.5. The molecule has 0 saturated heterocycles. The SMILES string of the molecule is COc1ccc(-n2c(C)cc(/C=C3/C(=N)N4N=C(c5ccc(F)cc5)SC4=NC3=O)c2C)cc1. The monoisotopic (exact) mass is 473 g/mol. The molecule has 2 aromatic carbocycles. The van der Waals surface area contributed by atoms with Gasteiger partial charge in [-0.05, 0) is 91.8 Å². The lowest BCUT2D eigenvalue weighted by Gasteiger charge is -2.20. The number of aryl methyl sites for hydroxylation is 1. The molecular formula is C25H20FN5O2S. The lowest BCUT2D eigenvalue weighted by Crippen LogP contribution is -2.35. The number of halogens is 1. The van der Waals surface area contributed by atoms with Crippen molar-refractivity contribution in [3.63, 3.8) is 0 Å². The quantitative estimate of drug-likeness (QED) is 0.546. The van der Waals surface area contributed by atoms with Crippen LogP contribution >= 0.6 is 11.8 Å². The Morgan fingerprint density at radius 2 is 1.79 bits per heavy atom. The Morgan fingerprint density at radius 1 is 1.09 bits per heavy atom. The van der Waals surface area contributed by atoms with E-state index in [0.29, 0.717) is 15.8 Å². The molecule has 0 radical (unpaired) electrons. The Balaban J connectivity index is 1.49. The molecule has 1 aromatic heterocycles. The maximum atomic E-state index is 13.3. The maximum absolute atomic E-state index is 13.3. The smallest absolute Gasteiger partial charge is 0.283 e. The van der Waals surface area contributed by atoms with Gasteiger partial charge in [-0.1, -0.05) is 0 Å². The standard InChI is InChI=1S/C25H20FN5O2S/c1-14-12-17(15(2)30(14)19-8-10-20(33-3)11-9-19)13-21-22(27)31-25(28-23(21)32)34-24(29-31)16-4-6-18(26)7-5-16/h4-13,27H,1-3H3/b21-13-,27-22?. The Kier molecular flexibility index (Phi) is 5.41. The number of rotatable bonds is 4. The summed E-state index contributed by atoms with van der Waals surface area (Å²) in [6, 6.07) is 15.6. The van der Waals surface area contributed by atoms with Crippen LogP contribution < -0.4 is 4.74 Å². The molecule has 170 valence electrons. The van der Waals surface area contributed by atoms with Gasteiger partial charge in [0.05, 0.1) is 12.7 Å². The fourth-order valence-electron chi connectivity index (χ4n) is 3.92. The summed E-state index contributed by atoms with van der Waals surface area (Å²) in [7, 11) is 1.63. The summed E-state index contributed by atoms with van der Waals surface area (Å²) in [6.45, 7) is 3.95. The lowest BCUT2D eigenvalue weighted by molar-refractivity contribution is -0.114. The van der Waals surface area contributed by atoms with Crippen LogP contribution in [0.25, 0.3) is 11.8 Å². The molecule has 0 atom stereocenters. The number of thioether (sulfide) groups is 1. The fraction of sp³-hybridized carbons (Fsp3) is 0.120. The third kappa shape index (κ3) is 3.73. The third-order valence-electron chi connectivity index (χ3n) is 5.65. The summed E-state index contributed by atoms with van der Waals surface area (Å²) in [5.74, 6) is -0.113. The zero-order chi connectivity index (χ0) is 24.0. The molecule has 1 N–H and O–H groups in total. The Labute approximate surface area is 199 Å². The molecular weight excluding hydrogens is 453 g/mol. The molecule has 0 bridgehead atoms. The van der Waals surface area contributed by atoms with Crippen molar-refractivity contribution >= 4 is 39.8 Å². The molecule has 0 spiro atoms. The summed E-state index contributed by atoms with van der Waals surface area (Å²) in [4.78, 5) is 17.0. The molecule has 0 saturated carbocycles. The molecule has 3 aromatic rings. The molecule has 7 nitrogen and oxygen atoms in total. The molecule has 2 aliphatic heterocycles. The highest BCUT2D eigenvalue weighted by molar-refractivity contribution is 8.27. The van der Waals surface area contributed by atoms with Gasteiger partial charge in [0.15, 0.2) is 5.84 Å². The van der Waals surface area contributed by atoms with E-state index in [1.807, 2.05) is 44.2 Å². The second kappa shape index (κ2) is 8.42. The molecule has 5 rings (SSSR count). The molecule has 1 amide bonds. The van der Waals surface area contributed by atoms with Crippen LogP contribution in [-0.4, -0.2) is 38.6 Å². The summed E-state index contributed by atoms with van der Waals surface area (Å²) < 4.78 is 20.6. The number of aromatic nitrogens is 1. The molecule has 0 fully saturated rings. The van der Waals surface area contributed by atoms with Gasteiger partial charge in [-0.2, -0.15) is 15.1 Å². The van der Waals surface area contributed by atoms with E-state index in [1.54, 1.807) is 25.3 Å². The van der Waals surface area contributed by atoms with Crippen molar-refractivity contribution in [2.75, 3.05) is 7.11 Å². The van der Waals surface area contributed by atoms with Crippen LogP contribution in [0, 0.1) is 25.1 Å². The van der Waals surface area contributed by atoms with Gasteiger partial charge in [0.1, 0.15) is 16.6 Å². The van der Waals surface area contributed by atoms with E-state index in [1.165, 1.54) is 28.9 Å². The van der Waals surface area contributed by atoms with E-state index >= 15 is 0 Å². The van der Waals surface area contributed by atoms with Crippen LogP contribution in [-0.2, 0) is 4.79 Å². The topological polar surface area (TPSA) is 83.0 Å². The van der Waals surface area contributed by atoms with Crippen molar-refractivity contribution in [3.05, 3.63) is 88.5 Å². The van der Waals surface area contributed by atoms with E-state index in [0.717, 1.165) is 28.4 Å². The first-order chi connectivity index (χ1) is 16.4. The number of ether oxygens (including phenoxy) is 1. The number of nitrogens with one attached hydrogen (secondary N) is 1. The number of hydrogen-bond donors (Lipinski definition) is 1. The van der Waals surface area contributed by atoms with Crippen molar-refractivity contribution in [3.8, 4) is 11.4 Å². The van der Waals surface area contributed by atoms with E-state index < -0.39 is 5.91 Å². The van der Waals surface area contributed by atoms with Gasteiger partial charge in [-0.3, -0.25) is 10.2 Å². The second-order valence-electron chi connectivity index (χ2n) is 7.79. The maximum Gasteiger partial charge on any atom is 0.283 e. The van der Waals surface area contributed by atoms with E-state index in [-0.39, 0.29) is 17.2 Å². The molecule has 34 heavy (non-hydrogen) atoms. The predicted octanol–water partition coefficient (Wildman–Crippen LogP) is 4.91. The number of benzene rings is 2.